The van der Waals surface area contributed by atoms with Gasteiger partial charge in [-0.1, -0.05) is 72.0 Å². The summed E-state index contributed by atoms with van der Waals surface area (Å²) < 4.78 is 12.7. The number of fused-ring (bicyclic) bond motifs is 1. The highest BCUT2D eigenvalue weighted by atomic mass is 32.1. The predicted octanol–water partition coefficient (Wildman–Crippen LogP) is 4.14. The van der Waals surface area contributed by atoms with Gasteiger partial charge in [-0.05, 0) is 29.3 Å². The fraction of sp³-hybridized carbons (Fsp3) is 0.160. The predicted molar refractivity (Wildman–Crippen MR) is 124 cm³/mol. The summed E-state index contributed by atoms with van der Waals surface area (Å²) in [4.78, 5) is 30.5. The molecule has 0 aliphatic heterocycles. The van der Waals surface area contributed by atoms with Gasteiger partial charge in [0.05, 0.1) is 30.4 Å². The zero-order valence-corrected chi connectivity index (χ0v) is 18.5. The summed E-state index contributed by atoms with van der Waals surface area (Å²) in [5.41, 5.74) is 2.49. The van der Waals surface area contributed by atoms with Gasteiger partial charge in [-0.25, -0.2) is 0 Å². The van der Waals surface area contributed by atoms with Crippen LogP contribution in [-0.2, 0) is 20.9 Å². The van der Waals surface area contributed by atoms with Crippen LogP contribution in [0.25, 0.3) is 10.2 Å². The number of carbonyl (C=O) groups is 2. The molecular weight excluding hydrogens is 424 g/mol. The number of nitrogens with zero attached hydrogens (tertiary/aromatic N) is 2. The molecule has 32 heavy (non-hydrogen) atoms. The standard InChI is InChI=1S/C25H22N2O4S/c1-30-19-13-14-20-21(15-19)32-25(27(20)16-22(28)31-2)26-24(29)23(17-9-5-3-6-10-17)18-11-7-4-8-12-18/h3-15,23H,16H2,1-2H3. The molecule has 0 radical (unpaired) electrons. The van der Waals surface area contributed by atoms with Gasteiger partial charge in [0.25, 0.3) is 5.91 Å². The largest absolute Gasteiger partial charge is 0.497 e. The van der Waals surface area contributed by atoms with E-state index in [1.54, 1.807) is 11.7 Å². The number of thiazole rings is 1. The van der Waals surface area contributed by atoms with Gasteiger partial charge in [-0.3, -0.25) is 9.59 Å². The number of hydrogen-bond donors (Lipinski definition) is 0. The third kappa shape index (κ3) is 4.48. The minimum Gasteiger partial charge on any atom is -0.497 e. The Morgan fingerprint density at radius 3 is 2.12 bits per heavy atom. The molecule has 0 aliphatic carbocycles. The molecule has 0 N–H and O–H groups in total. The topological polar surface area (TPSA) is 69.9 Å². The number of esters is 1. The first-order valence-corrected chi connectivity index (χ1v) is 10.8. The minimum absolute atomic E-state index is 0.0454. The Bertz CT molecular complexity index is 1270. The fourth-order valence-corrected chi connectivity index (χ4v) is 4.60. The molecule has 0 spiro atoms. The fourth-order valence-electron chi connectivity index (χ4n) is 3.54. The van der Waals surface area contributed by atoms with E-state index in [1.165, 1.54) is 18.4 Å². The van der Waals surface area contributed by atoms with E-state index in [4.69, 9.17) is 9.47 Å². The van der Waals surface area contributed by atoms with E-state index in [9.17, 15) is 9.59 Å². The highest BCUT2D eigenvalue weighted by Gasteiger charge is 2.23. The molecule has 4 aromatic rings. The molecule has 0 saturated carbocycles. The first-order valence-electron chi connectivity index (χ1n) is 10.0. The van der Waals surface area contributed by atoms with E-state index in [0.29, 0.717) is 10.6 Å². The molecular formula is C25H22N2O4S. The Kier molecular flexibility index (Phi) is 6.47. The minimum atomic E-state index is -0.552. The highest BCUT2D eigenvalue weighted by molar-refractivity contribution is 7.16. The van der Waals surface area contributed by atoms with E-state index < -0.39 is 11.9 Å². The lowest BCUT2D eigenvalue weighted by Gasteiger charge is -2.14. The van der Waals surface area contributed by atoms with Crippen molar-refractivity contribution in [2.75, 3.05) is 14.2 Å². The molecule has 0 fully saturated rings. The van der Waals surface area contributed by atoms with Crippen molar-refractivity contribution >= 4 is 33.4 Å². The van der Waals surface area contributed by atoms with E-state index >= 15 is 0 Å². The molecule has 162 valence electrons. The van der Waals surface area contributed by atoms with Crippen LogP contribution in [0.1, 0.15) is 17.0 Å². The summed E-state index contributed by atoms with van der Waals surface area (Å²) in [6.07, 6.45) is 0. The molecule has 1 heterocycles. The highest BCUT2D eigenvalue weighted by Crippen LogP contribution is 2.27. The molecule has 6 nitrogen and oxygen atoms in total. The average molecular weight is 447 g/mol. The van der Waals surface area contributed by atoms with Crippen LogP contribution in [0.4, 0.5) is 0 Å². The summed E-state index contributed by atoms with van der Waals surface area (Å²) in [6.45, 7) is -0.0454. The van der Waals surface area contributed by atoms with Crippen LogP contribution in [0, 0.1) is 0 Å². The van der Waals surface area contributed by atoms with Crippen molar-refractivity contribution in [2.24, 2.45) is 4.99 Å². The van der Waals surface area contributed by atoms with Crippen molar-refractivity contribution in [2.45, 2.75) is 12.5 Å². The monoisotopic (exact) mass is 446 g/mol. The smallest absolute Gasteiger partial charge is 0.325 e. The lowest BCUT2D eigenvalue weighted by Crippen LogP contribution is -2.24. The second-order valence-electron chi connectivity index (χ2n) is 7.08. The maximum atomic E-state index is 13.5. The van der Waals surface area contributed by atoms with Crippen molar-refractivity contribution in [3.8, 4) is 5.75 Å². The van der Waals surface area contributed by atoms with E-state index in [1.807, 2.05) is 78.9 Å². The summed E-state index contributed by atoms with van der Waals surface area (Å²) in [5, 5.41) is 0. The quantitative estimate of drug-likeness (QED) is 0.418. The summed E-state index contributed by atoms with van der Waals surface area (Å²) in [5.74, 6) is -0.589. The van der Waals surface area contributed by atoms with Gasteiger partial charge in [0.1, 0.15) is 12.3 Å². The zero-order valence-electron chi connectivity index (χ0n) is 17.7. The lowest BCUT2D eigenvalue weighted by molar-refractivity contribution is -0.141. The summed E-state index contributed by atoms with van der Waals surface area (Å²) in [6, 6.07) is 24.7. The van der Waals surface area contributed by atoms with Gasteiger partial charge >= 0.3 is 5.97 Å². The Morgan fingerprint density at radius 1 is 0.938 bits per heavy atom. The van der Waals surface area contributed by atoms with Crippen LogP contribution in [0.5, 0.6) is 5.75 Å². The van der Waals surface area contributed by atoms with Gasteiger partial charge in [0, 0.05) is 0 Å². The molecule has 0 bridgehead atoms. The van der Waals surface area contributed by atoms with Crippen LogP contribution in [0.15, 0.2) is 83.9 Å². The Morgan fingerprint density at radius 2 is 1.56 bits per heavy atom. The van der Waals surface area contributed by atoms with Crippen molar-refractivity contribution in [1.29, 1.82) is 0 Å². The van der Waals surface area contributed by atoms with Gasteiger partial charge in [0.15, 0.2) is 4.80 Å². The number of benzene rings is 3. The van der Waals surface area contributed by atoms with Gasteiger partial charge < -0.3 is 14.0 Å². The van der Waals surface area contributed by atoms with Crippen LogP contribution < -0.4 is 9.54 Å². The molecule has 0 unspecified atom stereocenters. The molecule has 0 atom stereocenters. The average Bonchev–Trinajstić information content (AvgIpc) is 3.16. The van der Waals surface area contributed by atoms with Crippen molar-refractivity contribution < 1.29 is 19.1 Å². The number of hydrogen-bond acceptors (Lipinski definition) is 5. The number of amides is 1. The van der Waals surface area contributed by atoms with Crippen LogP contribution in [-0.4, -0.2) is 30.7 Å². The van der Waals surface area contributed by atoms with E-state index in [0.717, 1.165) is 21.3 Å². The molecule has 0 aliphatic rings. The van der Waals surface area contributed by atoms with Gasteiger partial charge in [-0.2, -0.15) is 4.99 Å². The Balaban J connectivity index is 1.86. The van der Waals surface area contributed by atoms with Gasteiger partial charge in [0.2, 0.25) is 0 Å². The number of carbonyl (C=O) groups excluding carboxylic acids is 2. The third-order valence-electron chi connectivity index (χ3n) is 5.12. The number of rotatable bonds is 6. The van der Waals surface area contributed by atoms with E-state index in [-0.39, 0.29) is 12.5 Å². The third-order valence-corrected chi connectivity index (χ3v) is 6.16. The second kappa shape index (κ2) is 9.62. The Hall–Kier alpha value is -3.71. The van der Waals surface area contributed by atoms with Crippen molar-refractivity contribution in [3.63, 3.8) is 0 Å². The van der Waals surface area contributed by atoms with Crippen LogP contribution in [0.3, 0.4) is 0 Å². The molecule has 0 saturated heterocycles. The summed E-state index contributed by atoms with van der Waals surface area (Å²) >= 11 is 1.33. The van der Waals surface area contributed by atoms with Crippen molar-refractivity contribution in [1.82, 2.24) is 4.57 Å². The zero-order chi connectivity index (χ0) is 22.5. The van der Waals surface area contributed by atoms with Crippen LogP contribution >= 0.6 is 11.3 Å². The van der Waals surface area contributed by atoms with Gasteiger partial charge in [-0.15, -0.1) is 0 Å². The molecule has 7 heteroatoms. The van der Waals surface area contributed by atoms with Crippen LogP contribution in [0.2, 0.25) is 0 Å². The molecule has 3 aromatic carbocycles. The number of aromatic nitrogens is 1. The molecule has 1 aromatic heterocycles. The normalized spacial score (nSPS) is 11.7. The first-order chi connectivity index (χ1) is 15.6. The second-order valence-corrected chi connectivity index (χ2v) is 8.09. The Labute approximate surface area is 189 Å². The summed E-state index contributed by atoms with van der Waals surface area (Å²) in [7, 11) is 2.93. The van der Waals surface area contributed by atoms with Crippen molar-refractivity contribution in [3.05, 3.63) is 94.8 Å². The molecule has 1 amide bonds. The SMILES string of the molecule is COC(=O)Cn1c(=NC(=O)C(c2ccccc2)c2ccccc2)sc2cc(OC)ccc21. The maximum absolute atomic E-state index is 13.5. The molecule has 4 rings (SSSR count). The lowest BCUT2D eigenvalue weighted by atomic mass is 9.91. The van der Waals surface area contributed by atoms with E-state index in [2.05, 4.69) is 4.99 Å². The number of ether oxygens (including phenoxy) is 2. The first kappa shape index (κ1) is 21.5. The maximum Gasteiger partial charge on any atom is 0.325 e. The number of methoxy groups -OCH3 is 2.